The molecule has 5 heteroatoms. The number of Topliss-reactive ketones (excluding diaryl/α,β-unsaturated/α-hetero) is 1. The van der Waals surface area contributed by atoms with Crippen LogP contribution in [0.1, 0.15) is 23.2 Å². The van der Waals surface area contributed by atoms with E-state index in [4.69, 9.17) is 9.95 Å². The maximum Gasteiger partial charge on any atom is 0.195 e. The minimum atomic E-state index is -0.245. The summed E-state index contributed by atoms with van der Waals surface area (Å²) in [5.41, 5.74) is 8.39. The fraction of sp³-hybridized carbons (Fsp3) is 0.286. The molecule has 0 bridgehead atoms. The smallest absolute Gasteiger partial charge is 0.195 e. The third kappa shape index (κ3) is 1.46. The number of hydrogen-bond donors (Lipinski definition) is 0. The predicted molar refractivity (Wildman–Crippen MR) is 42.3 cm³/mol. The standard InChI is InChI=1S/C7H7N3O2/c1-4-3-6(9-10-8)7(12-4)5(2)11/h3H,1-2H3. The third-order valence-corrected chi connectivity index (χ3v) is 1.31. The van der Waals surface area contributed by atoms with Crippen molar-refractivity contribution in [2.24, 2.45) is 5.11 Å². The van der Waals surface area contributed by atoms with E-state index in [0.717, 1.165) is 0 Å². The van der Waals surface area contributed by atoms with Gasteiger partial charge in [-0.15, -0.1) is 0 Å². The average Bonchev–Trinajstić information content (AvgIpc) is 2.32. The van der Waals surface area contributed by atoms with E-state index in [-0.39, 0.29) is 17.2 Å². The van der Waals surface area contributed by atoms with Gasteiger partial charge >= 0.3 is 0 Å². The third-order valence-electron chi connectivity index (χ3n) is 1.31. The summed E-state index contributed by atoms with van der Waals surface area (Å²) in [5, 5.41) is 3.31. The first-order valence-corrected chi connectivity index (χ1v) is 3.31. The highest BCUT2D eigenvalue weighted by Gasteiger charge is 2.11. The number of aryl methyl sites for hydroxylation is 1. The van der Waals surface area contributed by atoms with E-state index < -0.39 is 0 Å². The van der Waals surface area contributed by atoms with Gasteiger partial charge in [0, 0.05) is 11.8 Å². The Labute approximate surface area is 68.6 Å². The fourth-order valence-corrected chi connectivity index (χ4v) is 0.875. The van der Waals surface area contributed by atoms with E-state index in [1.54, 1.807) is 6.92 Å². The summed E-state index contributed by atoms with van der Waals surface area (Å²) < 4.78 is 5.01. The van der Waals surface area contributed by atoms with Crippen molar-refractivity contribution in [1.29, 1.82) is 0 Å². The maximum absolute atomic E-state index is 10.9. The van der Waals surface area contributed by atoms with Gasteiger partial charge < -0.3 is 4.42 Å². The van der Waals surface area contributed by atoms with Gasteiger partial charge in [-0.1, -0.05) is 5.11 Å². The molecule has 0 aliphatic heterocycles. The van der Waals surface area contributed by atoms with Crippen molar-refractivity contribution < 1.29 is 9.21 Å². The largest absolute Gasteiger partial charge is 0.458 e. The van der Waals surface area contributed by atoms with E-state index in [0.29, 0.717) is 5.76 Å². The van der Waals surface area contributed by atoms with Crippen molar-refractivity contribution in [3.05, 3.63) is 28.0 Å². The number of carbonyl (C=O) groups excluding carboxylic acids is 1. The predicted octanol–water partition coefficient (Wildman–Crippen LogP) is 2.73. The number of ketones is 1. The van der Waals surface area contributed by atoms with Gasteiger partial charge in [-0.05, 0) is 18.5 Å². The Bertz CT molecular complexity index is 341. The molecule has 1 aromatic heterocycles. The first-order chi connectivity index (χ1) is 5.65. The molecule has 0 fully saturated rings. The van der Waals surface area contributed by atoms with E-state index in [9.17, 15) is 4.79 Å². The van der Waals surface area contributed by atoms with Crippen LogP contribution in [0.3, 0.4) is 0 Å². The number of hydrogen-bond acceptors (Lipinski definition) is 3. The fourth-order valence-electron chi connectivity index (χ4n) is 0.875. The van der Waals surface area contributed by atoms with Gasteiger partial charge in [0.15, 0.2) is 11.5 Å². The summed E-state index contributed by atoms with van der Waals surface area (Å²) >= 11 is 0. The maximum atomic E-state index is 10.9. The Morgan fingerprint density at radius 2 is 2.42 bits per heavy atom. The molecule has 0 saturated heterocycles. The van der Waals surface area contributed by atoms with Crippen molar-refractivity contribution in [2.45, 2.75) is 13.8 Å². The SMILES string of the molecule is CC(=O)c1oc(C)cc1N=[N+]=[N-]. The molecule has 0 spiro atoms. The van der Waals surface area contributed by atoms with Gasteiger partial charge in [0.25, 0.3) is 0 Å². The highest BCUT2D eigenvalue weighted by Crippen LogP contribution is 2.23. The summed E-state index contributed by atoms with van der Waals surface area (Å²) in [5.74, 6) is 0.429. The Hall–Kier alpha value is -1.74. The van der Waals surface area contributed by atoms with Crippen molar-refractivity contribution in [1.82, 2.24) is 0 Å². The molecule has 0 atom stereocenters. The van der Waals surface area contributed by atoms with Gasteiger partial charge in [0.2, 0.25) is 0 Å². The minimum Gasteiger partial charge on any atom is -0.458 e. The van der Waals surface area contributed by atoms with Crippen LogP contribution < -0.4 is 0 Å². The lowest BCUT2D eigenvalue weighted by atomic mass is 10.3. The lowest BCUT2D eigenvalue weighted by Crippen LogP contribution is -1.87. The quantitative estimate of drug-likeness (QED) is 0.292. The molecule has 0 unspecified atom stereocenters. The molecule has 0 aromatic carbocycles. The lowest BCUT2D eigenvalue weighted by Gasteiger charge is -1.87. The monoisotopic (exact) mass is 165 g/mol. The number of furan rings is 1. The Morgan fingerprint density at radius 1 is 1.75 bits per heavy atom. The Balaban J connectivity index is 3.25. The second-order valence-electron chi connectivity index (χ2n) is 2.32. The summed E-state index contributed by atoms with van der Waals surface area (Å²) in [6.45, 7) is 3.04. The van der Waals surface area contributed by atoms with Gasteiger partial charge in [-0.3, -0.25) is 4.79 Å². The molecule has 0 saturated carbocycles. The molecule has 0 aliphatic carbocycles. The molecule has 1 aromatic rings. The summed E-state index contributed by atoms with van der Waals surface area (Å²) in [6.07, 6.45) is 0. The molecule has 1 heterocycles. The molecular weight excluding hydrogens is 158 g/mol. The number of azide groups is 1. The van der Waals surface area contributed by atoms with Crippen molar-refractivity contribution in [2.75, 3.05) is 0 Å². The van der Waals surface area contributed by atoms with E-state index in [1.165, 1.54) is 13.0 Å². The molecular formula is C7H7N3O2. The van der Waals surface area contributed by atoms with Gasteiger partial charge in [0.05, 0.1) is 5.69 Å². The number of carbonyl (C=O) groups is 1. The zero-order chi connectivity index (χ0) is 9.14. The van der Waals surface area contributed by atoms with Crippen LogP contribution in [0.2, 0.25) is 0 Å². The van der Waals surface area contributed by atoms with Gasteiger partial charge in [-0.2, -0.15) is 0 Å². The van der Waals surface area contributed by atoms with E-state index in [2.05, 4.69) is 10.0 Å². The van der Waals surface area contributed by atoms with Crippen LogP contribution in [-0.2, 0) is 0 Å². The van der Waals surface area contributed by atoms with Crippen LogP contribution in [0, 0.1) is 6.92 Å². The van der Waals surface area contributed by atoms with Gasteiger partial charge in [-0.25, -0.2) is 0 Å². The Kier molecular flexibility index (Phi) is 2.16. The van der Waals surface area contributed by atoms with E-state index >= 15 is 0 Å². The number of nitrogens with zero attached hydrogens (tertiary/aromatic N) is 3. The topological polar surface area (TPSA) is 79.0 Å². The zero-order valence-electron chi connectivity index (χ0n) is 6.74. The van der Waals surface area contributed by atoms with Crippen LogP contribution in [0.25, 0.3) is 10.4 Å². The normalized spacial score (nSPS) is 9.17. The molecule has 12 heavy (non-hydrogen) atoms. The molecule has 0 N–H and O–H groups in total. The average molecular weight is 165 g/mol. The molecule has 1 rings (SSSR count). The summed E-state index contributed by atoms with van der Waals surface area (Å²) in [7, 11) is 0. The van der Waals surface area contributed by atoms with Crippen molar-refractivity contribution in [3.8, 4) is 0 Å². The second-order valence-corrected chi connectivity index (χ2v) is 2.32. The molecule has 5 nitrogen and oxygen atoms in total. The first-order valence-electron chi connectivity index (χ1n) is 3.31. The highest BCUT2D eigenvalue weighted by atomic mass is 16.3. The van der Waals surface area contributed by atoms with E-state index in [1.807, 2.05) is 0 Å². The van der Waals surface area contributed by atoms with Crippen LogP contribution in [0.4, 0.5) is 5.69 Å². The minimum absolute atomic E-state index is 0.116. The van der Waals surface area contributed by atoms with Crippen LogP contribution in [0.15, 0.2) is 15.6 Å². The highest BCUT2D eigenvalue weighted by molar-refractivity contribution is 5.96. The Morgan fingerprint density at radius 3 is 2.92 bits per heavy atom. The molecule has 0 amide bonds. The second kappa shape index (κ2) is 3.11. The van der Waals surface area contributed by atoms with Crippen molar-refractivity contribution >= 4 is 11.5 Å². The van der Waals surface area contributed by atoms with Crippen LogP contribution >= 0.6 is 0 Å². The van der Waals surface area contributed by atoms with Crippen LogP contribution in [-0.4, -0.2) is 5.78 Å². The first kappa shape index (κ1) is 8.36. The molecule has 0 radical (unpaired) electrons. The van der Waals surface area contributed by atoms with Crippen LogP contribution in [0.5, 0.6) is 0 Å². The summed E-state index contributed by atoms with van der Waals surface area (Å²) in [6, 6.07) is 1.52. The molecule has 62 valence electrons. The molecule has 0 aliphatic rings. The zero-order valence-corrected chi connectivity index (χ0v) is 6.74. The van der Waals surface area contributed by atoms with Gasteiger partial charge in [0.1, 0.15) is 5.76 Å². The number of rotatable bonds is 2. The summed E-state index contributed by atoms with van der Waals surface area (Å²) in [4.78, 5) is 13.5. The van der Waals surface area contributed by atoms with Crippen molar-refractivity contribution in [3.63, 3.8) is 0 Å². The lowest BCUT2D eigenvalue weighted by molar-refractivity contribution is 0.0987.